The van der Waals surface area contributed by atoms with Crippen molar-refractivity contribution in [2.75, 3.05) is 45.3 Å². The molecule has 1 N–H and O–H groups in total. The minimum absolute atomic E-state index is 0.0927. The molecule has 0 aromatic heterocycles. The van der Waals surface area contributed by atoms with Gasteiger partial charge in [-0.1, -0.05) is 12.1 Å². The number of phenols is 1. The molecule has 1 aliphatic rings. The number of nitrogens with zero attached hydrogens (tertiary/aromatic N) is 3. The maximum Gasteiger partial charge on any atom is 0.172 e. The van der Waals surface area contributed by atoms with Crippen LogP contribution in [0, 0.1) is 0 Å². The van der Waals surface area contributed by atoms with Crippen molar-refractivity contribution in [3.8, 4) is 17.2 Å². The fourth-order valence-corrected chi connectivity index (χ4v) is 3.38. The van der Waals surface area contributed by atoms with Crippen molar-refractivity contribution in [2.45, 2.75) is 0 Å². The molecule has 0 aliphatic carbocycles. The Balaban J connectivity index is 1.64. The van der Waals surface area contributed by atoms with Crippen LogP contribution in [0.3, 0.4) is 0 Å². The summed E-state index contributed by atoms with van der Waals surface area (Å²) in [6, 6.07) is 11.6. The Morgan fingerprint density at radius 3 is 2.42 bits per heavy atom. The molecule has 0 radical (unpaired) electrons. The second-order valence-electron chi connectivity index (χ2n) is 5.91. The molecule has 7 heteroatoms. The first kappa shape index (κ1) is 18.4. The predicted molar refractivity (Wildman–Crippen MR) is 107 cm³/mol. The number of hydrogen-bond acceptors (Lipinski definition) is 6. The molecule has 1 saturated heterocycles. The van der Waals surface area contributed by atoms with Crippen LogP contribution in [0.1, 0.15) is 5.56 Å². The summed E-state index contributed by atoms with van der Waals surface area (Å²) >= 11 is 3.33. The summed E-state index contributed by atoms with van der Waals surface area (Å²) < 4.78 is 11.2. The first-order valence-electron chi connectivity index (χ1n) is 8.35. The first-order chi connectivity index (χ1) is 12.6. The molecule has 0 spiro atoms. The lowest BCUT2D eigenvalue weighted by molar-refractivity contribution is 0.271. The molecule has 3 rings (SSSR count). The van der Waals surface area contributed by atoms with Crippen molar-refractivity contribution in [3.05, 3.63) is 46.4 Å². The van der Waals surface area contributed by atoms with Gasteiger partial charge in [0.15, 0.2) is 11.5 Å². The molecular formula is C19H22BrN3O3. The van der Waals surface area contributed by atoms with E-state index in [1.807, 2.05) is 29.3 Å². The Bertz CT molecular complexity index is 790. The molecule has 1 heterocycles. The van der Waals surface area contributed by atoms with Crippen LogP contribution in [0.15, 0.2) is 46.0 Å². The van der Waals surface area contributed by atoms with Crippen LogP contribution in [-0.4, -0.2) is 56.7 Å². The van der Waals surface area contributed by atoms with Crippen molar-refractivity contribution in [2.24, 2.45) is 5.10 Å². The minimum atomic E-state index is 0.0927. The topological polar surface area (TPSA) is 57.5 Å². The highest BCUT2D eigenvalue weighted by Gasteiger charge is 2.18. The zero-order valence-electron chi connectivity index (χ0n) is 14.9. The number of halogens is 1. The lowest BCUT2D eigenvalue weighted by Gasteiger charge is -2.35. The molecule has 1 fully saturated rings. The normalized spacial score (nSPS) is 14.7. The number of piperazine rings is 1. The maximum atomic E-state index is 9.88. The van der Waals surface area contributed by atoms with Gasteiger partial charge in [0.25, 0.3) is 0 Å². The van der Waals surface area contributed by atoms with Crippen LogP contribution >= 0.6 is 15.9 Å². The number of rotatable bonds is 5. The van der Waals surface area contributed by atoms with Crippen molar-refractivity contribution < 1.29 is 14.6 Å². The lowest BCUT2D eigenvalue weighted by Crippen LogP contribution is -2.44. The fraction of sp³-hybridized carbons (Fsp3) is 0.316. The van der Waals surface area contributed by atoms with Crippen molar-refractivity contribution in [3.63, 3.8) is 0 Å². The molecule has 0 saturated carbocycles. The number of phenolic OH excluding ortho intramolecular Hbond substituents is 1. The minimum Gasteiger partial charge on any atom is -0.503 e. The monoisotopic (exact) mass is 419 g/mol. The van der Waals surface area contributed by atoms with E-state index >= 15 is 0 Å². The highest BCUT2D eigenvalue weighted by atomic mass is 79.9. The predicted octanol–water partition coefficient (Wildman–Crippen LogP) is 3.33. The zero-order chi connectivity index (χ0) is 18.5. The molecule has 138 valence electrons. The van der Waals surface area contributed by atoms with Gasteiger partial charge in [0.05, 0.1) is 43.7 Å². The van der Waals surface area contributed by atoms with E-state index in [1.165, 1.54) is 7.11 Å². The lowest BCUT2D eigenvalue weighted by atomic mass is 10.2. The number of benzene rings is 2. The SMILES string of the molecule is COc1ccccc1N1CCN(/N=C\c2cc(Br)c(O)c(OC)c2)CC1. The first-order valence-corrected chi connectivity index (χ1v) is 9.15. The number of hydrazone groups is 1. The quantitative estimate of drug-likeness (QED) is 0.753. The molecule has 26 heavy (non-hydrogen) atoms. The van der Waals surface area contributed by atoms with Crippen LogP contribution in [0.4, 0.5) is 5.69 Å². The van der Waals surface area contributed by atoms with E-state index in [2.05, 4.69) is 32.0 Å². The number of hydrogen-bond donors (Lipinski definition) is 1. The summed E-state index contributed by atoms with van der Waals surface area (Å²) in [6.45, 7) is 3.40. The van der Waals surface area contributed by atoms with Crippen LogP contribution in [0.5, 0.6) is 17.2 Å². The number of anilines is 1. The van der Waals surface area contributed by atoms with Crippen molar-refractivity contribution in [1.29, 1.82) is 0 Å². The third-order valence-electron chi connectivity index (χ3n) is 4.32. The molecule has 2 aromatic carbocycles. The summed E-state index contributed by atoms with van der Waals surface area (Å²) in [4.78, 5) is 2.31. The molecule has 0 unspecified atom stereocenters. The van der Waals surface area contributed by atoms with Gasteiger partial charge in [-0.2, -0.15) is 5.10 Å². The van der Waals surface area contributed by atoms with E-state index in [4.69, 9.17) is 9.47 Å². The Kier molecular flexibility index (Phi) is 5.88. The highest BCUT2D eigenvalue weighted by Crippen LogP contribution is 2.34. The smallest absolute Gasteiger partial charge is 0.172 e. The number of para-hydroxylation sites is 2. The van der Waals surface area contributed by atoms with Gasteiger partial charge < -0.3 is 19.5 Å². The number of aromatic hydroxyl groups is 1. The molecule has 0 atom stereocenters. The van der Waals surface area contributed by atoms with E-state index in [0.717, 1.165) is 43.2 Å². The highest BCUT2D eigenvalue weighted by molar-refractivity contribution is 9.10. The summed E-state index contributed by atoms with van der Waals surface area (Å²) in [5.74, 6) is 1.40. The molecule has 0 amide bonds. The van der Waals surface area contributed by atoms with E-state index in [1.54, 1.807) is 19.4 Å². The number of ether oxygens (including phenoxy) is 2. The summed E-state index contributed by atoms with van der Waals surface area (Å²) in [5.41, 5.74) is 1.98. The molecular weight excluding hydrogens is 398 g/mol. The van der Waals surface area contributed by atoms with Crippen LogP contribution < -0.4 is 14.4 Å². The fourth-order valence-electron chi connectivity index (χ4n) is 2.92. The van der Waals surface area contributed by atoms with Crippen LogP contribution in [0.25, 0.3) is 0 Å². The van der Waals surface area contributed by atoms with E-state index < -0.39 is 0 Å². The Labute approximate surface area is 161 Å². The molecule has 0 bridgehead atoms. The van der Waals surface area contributed by atoms with Gasteiger partial charge in [-0.3, -0.25) is 5.01 Å². The maximum absolute atomic E-state index is 9.88. The Morgan fingerprint density at radius 2 is 1.73 bits per heavy atom. The van der Waals surface area contributed by atoms with Gasteiger partial charge >= 0.3 is 0 Å². The van der Waals surface area contributed by atoms with Gasteiger partial charge in [0, 0.05) is 13.1 Å². The molecule has 1 aliphatic heterocycles. The Hall–Kier alpha value is -2.41. The average molecular weight is 420 g/mol. The zero-order valence-corrected chi connectivity index (χ0v) is 16.4. The summed E-state index contributed by atoms with van der Waals surface area (Å²) in [7, 11) is 3.23. The van der Waals surface area contributed by atoms with Gasteiger partial charge in [0.2, 0.25) is 0 Å². The molecule has 6 nitrogen and oxygen atoms in total. The van der Waals surface area contributed by atoms with Crippen molar-refractivity contribution in [1.82, 2.24) is 5.01 Å². The third kappa shape index (κ3) is 4.04. The Morgan fingerprint density at radius 1 is 1.04 bits per heavy atom. The van der Waals surface area contributed by atoms with Gasteiger partial charge in [-0.25, -0.2) is 0 Å². The third-order valence-corrected chi connectivity index (χ3v) is 4.93. The van der Waals surface area contributed by atoms with Gasteiger partial charge in [-0.15, -0.1) is 0 Å². The summed E-state index contributed by atoms with van der Waals surface area (Å²) in [6.07, 6.45) is 1.78. The van der Waals surface area contributed by atoms with E-state index in [-0.39, 0.29) is 5.75 Å². The second kappa shape index (κ2) is 8.31. The number of methoxy groups -OCH3 is 2. The van der Waals surface area contributed by atoms with Crippen molar-refractivity contribution >= 4 is 27.8 Å². The second-order valence-corrected chi connectivity index (χ2v) is 6.77. The van der Waals surface area contributed by atoms with E-state index in [9.17, 15) is 5.11 Å². The average Bonchev–Trinajstić information content (AvgIpc) is 2.69. The summed E-state index contributed by atoms with van der Waals surface area (Å²) in [5, 5.41) is 16.5. The molecule has 2 aromatic rings. The van der Waals surface area contributed by atoms with Crippen LogP contribution in [0.2, 0.25) is 0 Å². The van der Waals surface area contributed by atoms with E-state index in [0.29, 0.717) is 10.2 Å². The van der Waals surface area contributed by atoms with Gasteiger partial charge in [0.1, 0.15) is 5.75 Å². The van der Waals surface area contributed by atoms with Crippen LogP contribution in [-0.2, 0) is 0 Å². The van der Waals surface area contributed by atoms with Gasteiger partial charge in [-0.05, 0) is 45.8 Å². The standard InChI is InChI=1S/C19H22BrN3O3/c1-25-17-6-4-3-5-16(17)22-7-9-23(10-8-22)21-13-14-11-15(20)19(24)18(12-14)26-2/h3-6,11-13,24H,7-10H2,1-2H3/b21-13-. The largest absolute Gasteiger partial charge is 0.503 e.